The summed E-state index contributed by atoms with van der Waals surface area (Å²) < 4.78 is 13.1. The summed E-state index contributed by atoms with van der Waals surface area (Å²) in [6.45, 7) is 2.01. The first-order valence-corrected chi connectivity index (χ1v) is 5.63. The number of allylic oxidation sites excluding steroid dienone is 1. The molecule has 2 aromatic carbocycles. The Balaban J connectivity index is 2.40. The van der Waals surface area contributed by atoms with Gasteiger partial charge in [-0.1, -0.05) is 42.0 Å². The predicted octanol–water partition coefficient (Wildman–Crippen LogP) is 4.20. The van der Waals surface area contributed by atoms with Gasteiger partial charge in [-0.15, -0.1) is 0 Å². The highest BCUT2D eigenvalue weighted by molar-refractivity contribution is 5.89. The molecule has 1 nitrogen and oxygen atoms in total. The molecule has 0 unspecified atom stereocenters. The third-order valence-corrected chi connectivity index (χ3v) is 2.64. The Morgan fingerprint density at radius 2 is 1.89 bits per heavy atom. The first-order valence-electron chi connectivity index (χ1n) is 5.63. The Hall–Kier alpha value is -2.40. The van der Waals surface area contributed by atoms with Crippen LogP contribution in [0.15, 0.2) is 48.5 Å². The molecule has 88 valence electrons. The van der Waals surface area contributed by atoms with Gasteiger partial charge in [0.15, 0.2) is 0 Å². The van der Waals surface area contributed by atoms with Crippen LogP contribution in [-0.2, 0) is 0 Å². The van der Waals surface area contributed by atoms with Crippen LogP contribution in [0.5, 0.6) is 0 Å². The molecule has 2 aromatic rings. The zero-order valence-corrected chi connectivity index (χ0v) is 10.0. The summed E-state index contributed by atoms with van der Waals surface area (Å²) in [5.74, 6) is -0.336. The Morgan fingerprint density at radius 1 is 1.17 bits per heavy atom. The van der Waals surface area contributed by atoms with Gasteiger partial charge in [-0.25, -0.2) is 4.39 Å². The molecule has 0 atom stereocenters. The summed E-state index contributed by atoms with van der Waals surface area (Å²) in [4.78, 5) is 0. The lowest BCUT2D eigenvalue weighted by atomic mass is 10.0. The number of hydrogen-bond acceptors (Lipinski definition) is 1. The number of rotatable bonds is 2. The maximum absolute atomic E-state index is 13.1. The molecule has 0 heterocycles. The summed E-state index contributed by atoms with van der Waals surface area (Å²) in [6, 6.07) is 16.0. The highest BCUT2D eigenvalue weighted by Gasteiger charge is 2.02. The van der Waals surface area contributed by atoms with E-state index in [-0.39, 0.29) is 5.82 Å². The van der Waals surface area contributed by atoms with Crippen LogP contribution < -0.4 is 0 Å². The fraction of sp³-hybridized carbons (Fsp3) is 0.0625. The van der Waals surface area contributed by atoms with Gasteiger partial charge in [0.25, 0.3) is 0 Å². The third-order valence-electron chi connectivity index (χ3n) is 2.64. The summed E-state index contributed by atoms with van der Waals surface area (Å²) in [5, 5.41) is 9.15. The van der Waals surface area contributed by atoms with Gasteiger partial charge in [-0.05, 0) is 36.3 Å². The number of halogens is 1. The average Bonchev–Trinajstić information content (AvgIpc) is 2.38. The molecular weight excluding hydrogens is 225 g/mol. The molecule has 0 aromatic heterocycles. The molecule has 0 spiro atoms. The molecule has 0 saturated carbocycles. The molecule has 0 radical (unpaired) electrons. The standard InChI is InChI=1S/C16H12FN/c1-12-5-7-13(8-6-12)9-15(11-18)14-3-2-4-16(17)10-14/h2-10H,1H3/b15-9-. The van der Waals surface area contributed by atoms with Crippen LogP contribution >= 0.6 is 0 Å². The van der Waals surface area contributed by atoms with Crippen LogP contribution in [0.4, 0.5) is 4.39 Å². The van der Waals surface area contributed by atoms with Gasteiger partial charge < -0.3 is 0 Å². The van der Waals surface area contributed by atoms with Crippen LogP contribution in [0.1, 0.15) is 16.7 Å². The number of nitriles is 1. The molecule has 0 N–H and O–H groups in total. The predicted molar refractivity (Wildman–Crippen MR) is 71.1 cm³/mol. The fourth-order valence-corrected chi connectivity index (χ4v) is 1.67. The SMILES string of the molecule is Cc1ccc(/C=C(/C#N)c2cccc(F)c2)cc1. The van der Waals surface area contributed by atoms with Crippen molar-refractivity contribution in [2.24, 2.45) is 0 Å². The molecule has 0 aliphatic carbocycles. The monoisotopic (exact) mass is 237 g/mol. The quantitative estimate of drug-likeness (QED) is 0.567. The lowest BCUT2D eigenvalue weighted by Crippen LogP contribution is -1.84. The second-order valence-corrected chi connectivity index (χ2v) is 4.09. The van der Waals surface area contributed by atoms with E-state index in [2.05, 4.69) is 6.07 Å². The lowest BCUT2D eigenvalue weighted by Gasteiger charge is -2.00. The van der Waals surface area contributed by atoms with Crippen molar-refractivity contribution in [3.8, 4) is 6.07 Å². The van der Waals surface area contributed by atoms with E-state index in [0.29, 0.717) is 11.1 Å². The molecule has 0 saturated heterocycles. The van der Waals surface area contributed by atoms with Gasteiger partial charge in [-0.3, -0.25) is 0 Å². The molecule has 2 rings (SSSR count). The normalized spacial score (nSPS) is 11.1. The van der Waals surface area contributed by atoms with E-state index in [4.69, 9.17) is 5.26 Å². The minimum Gasteiger partial charge on any atom is -0.207 e. The fourth-order valence-electron chi connectivity index (χ4n) is 1.67. The average molecular weight is 237 g/mol. The lowest BCUT2D eigenvalue weighted by molar-refractivity contribution is 0.627. The molecule has 0 aliphatic heterocycles. The summed E-state index contributed by atoms with van der Waals surface area (Å²) in [5.41, 5.74) is 3.15. The smallest absolute Gasteiger partial charge is 0.123 e. The molecular formula is C16H12FN. The van der Waals surface area contributed by atoms with Gasteiger partial charge in [0.05, 0.1) is 11.6 Å². The second-order valence-electron chi connectivity index (χ2n) is 4.09. The minimum atomic E-state index is -0.336. The van der Waals surface area contributed by atoms with Crippen molar-refractivity contribution in [1.82, 2.24) is 0 Å². The van der Waals surface area contributed by atoms with Crippen LogP contribution in [-0.4, -0.2) is 0 Å². The van der Waals surface area contributed by atoms with E-state index in [0.717, 1.165) is 11.1 Å². The molecule has 18 heavy (non-hydrogen) atoms. The van der Waals surface area contributed by atoms with Crippen molar-refractivity contribution in [3.63, 3.8) is 0 Å². The van der Waals surface area contributed by atoms with Crippen molar-refractivity contribution in [1.29, 1.82) is 5.26 Å². The zero-order valence-electron chi connectivity index (χ0n) is 10.0. The van der Waals surface area contributed by atoms with Crippen molar-refractivity contribution in [3.05, 3.63) is 71.0 Å². The van der Waals surface area contributed by atoms with Gasteiger partial charge in [0, 0.05) is 0 Å². The van der Waals surface area contributed by atoms with Crippen LogP contribution in [0.25, 0.3) is 11.6 Å². The molecule has 0 amide bonds. The Kier molecular flexibility index (Phi) is 3.54. The van der Waals surface area contributed by atoms with Gasteiger partial charge in [0.1, 0.15) is 5.82 Å². The van der Waals surface area contributed by atoms with Crippen molar-refractivity contribution >= 4 is 11.6 Å². The topological polar surface area (TPSA) is 23.8 Å². The highest BCUT2D eigenvalue weighted by atomic mass is 19.1. The maximum Gasteiger partial charge on any atom is 0.123 e. The summed E-state index contributed by atoms with van der Waals surface area (Å²) >= 11 is 0. The van der Waals surface area contributed by atoms with Crippen molar-refractivity contribution < 1.29 is 4.39 Å². The van der Waals surface area contributed by atoms with E-state index in [1.54, 1.807) is 18.2 Å². The minimum absolute atomic E-state index is 0.336. The second kappa shape index (κ2) is 5.29. The first kappa shape index (κ1) is 12.1. The Labute approximate surface area is 106 Å². The first-order chi connectivity index (χ1) is 8.69. The van der Waals surface area contributed by atoms with E-state index < -0.39 is 0 Å². The molecule has 0 aliphatic rings. The van der Waals surface area contributed by atoms with E-state index in [1.165, 1.54) is 12.1 Å². The van der Waals surface area contributed by atoms with Crippen molar-refractivity contribution in [2.45, 2.75) is 6.92 Å². The van der Waals surface area contributed by atoms with E-state index in [1.807, 2.05) is 31.2 Å². The number of hydrogen-bond donors (Lipinski definition) is 0. The van der Waals surface area contributed by atoms with Gasteiger partial charge >= 0.3 is 0 Å². The summed E-state index contributed by atoms with van der Waals surface area (Å²) in [6.07, 6.45) is 1.76. The van der Waals surface area contributed by atoms with Crippen LogP contribution in [0, 0.1) is 24.1 Å². The number of benzene rings is 2. The van der Waals surface area contributed by atoms with Crippen LogP contribution in [0.3, 0.4) is 0 Å². The zero-order chi connectivity index (χ0) is 13.0. The van der Waals surface area contributed by atoms with E-state index >= 15 is 0 Å². The molecule has 0 bridgehead atoms. The van der Waals surface area contributed by atoms with E-state index in [9.17, 15) is 4.39 Å². The molecule has 0 fully saturated rings. The molecule has 2 heteroatoms. The van der Waals surface area contributed by atoms with Gasteiger partial charge in [0.2, 0.25) is 0 Å². The number of aryl methyl sites for hydroxylation is 1. The van der Waals surface area contributed by atoms with Gasteiger partial charge in [-0.2, -0.15) is 5.26 Å². The Morgan fingerprint density at radius 3 is 2.50 bits per heavy atom. The van der Waals surface area contributed by atoms with Crippen LogP contribution in [0.2, 0.25) is 0 Å². The van der Waals surface area contributed by atoms with Crippen molar-refractivity contribution in [2.75, 3.05) is 0 Å². The Bertz CT molecular complexity index is 618. The largest absolute Gasteiger partial charge is 0.207 e. The maximum atomic E-state index is 13.1. The third kappa shape index (κ3) is 2.83. The number of nitrogens with zero attached hydrogens (tertiary/aromatic N) is 1. The summed E-state index contributed by atoms with van der Waals surface area (Å²) in [7, 11) is 0. The highest BCUT2D eigenvalue weighted by Crippen LogP contribution is 2.18.